The molecule has 0 aromatic carbocycles. The van der Waals surface area contributed by atoms with Crippen LogP contribution in [0.1, 0.15) is 39.5 Å². The summed E-state index contributed by atoms with van der Waals surface area (Å²) < 4.78 is 5.29. The molecule has 1 atom stereocenters. The first kappa shape index (κ1) is 14.5. The zero-order chi connectivity index (χ0) is 12.9. The van der Waals surface area contributed by atoms with Crippen molar-refractivity contribution in [1.29, 1.82) is 0 Å². The average Bonchev–Trinajstić information content (AvgIpc) is 2.29. The zero-order valence-corrected chi connectivity index (χ0v) is 11.2. The summed E-state index contributed by atoms with van der Waals surface area (Å²) in [6.07, 6.45) is 3.40. The van der Waals surface area contributed by atoms with Gasteiger partial charge in [-0.25, -0.2) is 0 Å². The van der Waals surface area contributed by atoms with E-state index in [0.29, 0.717) is 12.3 Å². The number of aliphatic hydroxyl groups excluding tert-OH is 1. The van der Waals surface area contributed by atoms with Gasteiger partial charge in [0.1, 0.15) is 0 Å². The molecule has 0 aliphatic carbocycles. The van der Waals surface area contributed by atoms with Gasteiger partial charge in [0.15, 0.2) is 0 Å². The zero-order valence-electron chi connectivity index (χ0n) is 11.2. The Morgan fingerprint density at radius 2 is 2.24 bits per heavy atom. The average molecular weight is 243 g/mol. The Kier molecular flexibility index (Phi) is 5.40. The second kappa shape index (κ2) is 6.36. The second-order valence-corrected chi connectivity index (χ2v) is 5.50. The van der Waals surface area contributed by atoms with Crippen molar-refractivity contribution in [3.8, 4) is 0 Å². The van der Waals surface area contributed by atoms with Gasteiger partial charge in [0, 0.05) is 26.8 Å². The molecule has 0 aromatic rings. The van der Waals surface area contributed by atoms with E-state index in [1.165, 1.54) is 0 Å². The van der Waals surface area contributed by atoms with Crippen LogP contribution in [0.5, 0.6) is 0 Å². The van der Waals surface area contributed by atoms with Gasteiger partial charge in [-0.2, -0.15) is 0 Å². The summed E-state index contributed by atoms with van der Waals surface area (Å²) in [4.78, 5) is 14.0. The lowest BCUT2D eigenvalue weighted by atomic mass is 9.94. The molecule has 0 bridgehead atoms. The van der Waals surface area contributed by atoms with Crippen LogP contribution < -0.4 is 0 Å². The summed E-state index contributed by atoms with van der Waals surface area (Å²) in [6, 6.07) is 0. The maximum atomic E-state index is 12.1. The molecule has 0 saturated carbocycles. The highest BCUT2D eigenvalue weighted by Gasteiger charge is 2.28. The highest BCUT2D eigenvalue weighted by Crippen LogP contribution is 2.22. The van der Waals surface area contributed by atoms with Gasteiger partial charge in [0.25, 0.3) is 0 Å². The molecule has 1 N–H and O–H groups in total. The molecule has 4 nitrogen and oxygen atoms in total. The number of likely N-dealkylation sites (tertiary alicyclic amines) is 1. The minimum atomic E-state index is -0.388. The monoisotopic (exact) mass is 243 g/mol. The molecular weight excluding hydrogens is 218 g/mol. The molecule has 0 radical (unpaired) electrons. The maximum Gasteiger partial charge on any atom is 0.225 e. The molecule has 100 valence electrons. The molecule has 1 fully saturated rings. The summed E-state index contributed by atoms with van der Waals surface area (Å²) in [7, 11) is 1.64. The van der Waals surface area contributed by atoms with E-state index in [1.54, 1.807) is 7.11 Å². The Bertz CT molecular complexity index is 251. The van der Waals surface area contributed by atoms with Gasteiger partial charge >= 0.3 is 0 Å². The van der Waals surface area contributed by atoms with E-state index in [0.717, 1.165) is 32.4 Å². The Labute approximate surface area is 104 Å². The van der Waals surface area contributed by atoms with E-state index < -0.39 is 0 Å². The van der Waals surface area contributed by atoms with Crippen molar-refractivity contribution in [2.24, 2.45) is 5.92 Å². The van der Waals surface area contributed by atoms with Crippen molar-refractivity contribution in [2.75, 3.05) is 26.8 Å². The number of piperidine rings is 1. The first-order chi connectivity index (χ1) is 7.98. The summed E-state index contributed by atoms with van der Waals surface area (Å²) in [6.45, 7) is 5.72. The minimum absolute atomic E-state index is 0.166. The van der Waals surface area contributed by atoms with Crippen molar-refractivity contribution >= 4 is 5.91 Å². The van der Waals surface area contributed by atoms with Crippen molar-refractivity contribution in [3.63, 3.8) is 0 Å². The number of amides is 1. The maximum absolute atomic E-state index is 12.1. The smallest absolute Gasteiger partial charge is 0.225 e. The van der Waals surface area contributed by atoms with Crippen LogP contribution in [0.15, 0.2) is 0 Å². The van der Waals surface area contributed by atoms with E-state index in [4.69, 9.17) is 9.84 Å². The van der Waals surface area contributed by atoms with Crippen molar-refractivity contribution in [1.82, 2.24) is 4.90 Å². The predicted octanol–water partition coefficient (Wildman–Crippen LogP) is 1.42. The number of carbonyl (C=O) groups excluding carboxylic acids is 1. The van der Waals surface area contributed by atoms with Crippen LogP contribution in [0, 0.1) is 5.92 Å². The molecule has 1 unspecified atom stereocenters. The van der Waals surface area contributed by atoms with Crippen LogP contribution in [0.4, 0.5) is 0 Å². The van der Waals surface area contributed by atoms with Gasteiger partial charge in [0.2, 0.25) is 5.91 Å². The molecule has 1 amide bonds. The van der Waals surface area contributed by atoms with Crippen molar-refractivity contribution in [3.05, 3.63) is 0 Å². The number of rotatable bonds is 5. The Balaban J connectivity index is 2.46. The first-order valence-electron chi connectivity index (χ1n) is 6.42. The molecule has 1 rings (SSSR count). The van der Waals surface area contributed by atoms with Gasteiger partial charge in [-0.3, -0.25) is 4.79 Å². The van der Waals surface area contributed by atoms with E-state index in [1.807, 2.05) is 18.7 Å². The Hall–Kier alpha value is -0.610. The summed E-state index contributed by atoms with van der Waals surface area (Å²) in [5.41, 5.74) is -0.388. The number of nitrogens with zero attached hydrogens (tertiary/aromatic N) is 1. The second-order valence-electron chi connectivity index (χ2n) is 5.50. The number of hydrogen-bond acceptors (Lipinski definition) is 3. The van der Waals surface area contributed by atoms with Crippen LogP contribution in [-0.4, -0.2) is 48.3 Å². The fourth-order valence-corrected chi connectivity index (χ4v) is 2.26. The molecule has 1 saturated heterocycles. The van der Waals surface area contributed by atoms with Gasteiger partial charge in [-0.1, -0.05) is 0 Å². The highest BCUT2D eigenvalue weighted by atomic mass is 16.5. The molecule has 1 heterocycles. The van der Waals surface area contributed by atoms with E-state index in [-0.39, 0.29) is 18.1 Å². The third kappa shape index (κ3) is 4.64. The summed E-state index contributed by atoms with van der Waals surface area (Å²) in [5.74, 6) is 0.628. The molecule has 17 heavy (non-hydrogen) atoms. The van der Waals surface area contributed by atoms with Crippen molar-refractivity contribution in [2.45, 2.75) is 45.1 Å². The quantitative estimate of drug-likeness (QED) is 0.794. The lowest BCUT2D eigenvalue weighted by molar-refractivity contribution is -0.138. The molecular formula is C13H25NO3. The predicted molar refractivity (Wildman–Crippen MR) is 66.7 cm³/mol. The highest BCUT2D eigenvalue weighted by molar-refractivity contribution is 5.77. The third-order valence-electron chi connectivity index (χ3n) is 3.54. The first-order valence-corrected chi connectivity index (χ1v) is 6.42. The number of hydrogen-bond donors (Lipinski definition) is 1. The van der Waals surface area contributed by atoms with Gasteiger partial charge < -0.3 is 14.7 Å². The van der Waals surface area contributed by atoms with Crippen LogP contribution in [0.3, 0.4) is 0 Å². The largest absolute Gasteiger partial charge is 0.396 e. The number of carbonyl (C=O) groups is 1. The van der Waals surface area contributed by atoms with Crippen LogP contribution >= 0.6 is 0 Å². The molecule has 1 aliphatic rings. The Morgan fingerprint density at radius 3 is 2.82 bits per heavy atom. The van der Waals surface area contributed by atoms with E-state index >= 15 is 0 Å². The van der Waals surface area contributed by atoms with E-state index in [9.17, 15) is 4.79 Å². The standard InChI is InChI=1S/C13H25NO3/c1-13(2,17-3)9-12(16)14-7-4-5-11(10-14)6-8-15/h11,15H,4-10H2,1-3H3. The summed E-state index contributed by atoms with van der Waals surface area (Å²) in [5, 5.41) is 8.94. The van der Waals surface area contributed by atoms with Gasteiger partial charge in [-0.05, 0) is 39.0 Å². The normalized spacial score (nSPS) is 21.6. The number of ether oxygens (including phenoxy) is 1. The van der Waals surface area contributed by atoms with Crippen LogP contribution in [0.25, 0.3) is 0 Å². The SMILES string of the molecule is COC(C)(C)CC(=O)N1CCCC(CCO)C1. The minimum Gasteiger partial charge on any atom is -0.396 e. The fourth-order valence-electron chi connectivity index (χ4n) is 2.26. The molecule has 4 heteroatoms. The summed E-state index contributed by atoms with van der Waals surface area (Å²) >= 11 is 0. The number of methoxy groups -OCH3 is 1. The van der Waals surface area contributed by atoms with Crippen LogP contribution in [0.2, 0.25) is 0 Å². The van der Waals surface area contributed by atoms with Gasteiger partial charge in [-0.15, -0.1) is 0 Å². The van der Waals surface area contributed by atoms with Crippen LogP contribution in [-0.2, 0) is 9.53 Å². The van der Waals surface area contributed by atoms with Crippen molar-refractivity contribution < 1.29 is 14.6 Å². The molecule has 1 aliphatic heterocycles. The fraction of sp³-hybridized carbons (Fsp3) is 0.923. The number of aliphatic hydroxyl groups is 1. The molecule has 0 spiro atoms. The third-order valence-corrected chi connectivity index (χ3v) is 3.54. The topological polar surface area (TPSA) is 49.8 Å². The van der Waals surface area contributed by atoms with Gasteiger partial charge in [0.05, 0.1) is 12.0 Å². The van der Waals surface area contributed by atoms with E-state index in [2.05, 4.69) is 0 Å². The lowest BCUT2D eigenvalue weighted by Crippen LogP contribution is -2.43. The molecule has 0 aromatic heterocycles. The Morgan fingerprint density at radius 1 is 1.53 bits per heavy atom. The lowest BCUT2D eigenvalue weighted by Gasteiger charge is -2.34.